The van der Waals surface area contributed by atoms with E-state index in [-0.39, 0.29) is 0 Å². The zero-order chi connectivity index (χ0) is 8.70. The van der Waals surface area contributed by atoms with Gasteiger partial charge in [0.15, 0.2) is 0 Å². The van der Waals surface area contributed by atoms with Crippen molar-refractivity contribution in [2.45, 2.75) is 0 Å². The maximum atomic E-state index is 10.1. The standard InChI is InChI=1S/Al.2H2O4Se/c;2*1-5(2,3)4/h;2*(H2,1,2,3,4)/q+3;;/p-3. The van der Waals surface area contributed by atoms with E-state index in [9.17, 15) is 15.3 Å². The molecule has 0 saturated carbocycles. The maximum absolute atomic E-state index is 10.1. The molecule has 0 unspecified atom stereocenters. The van der Waals surface area contributed by atoms with Gasteiger partial charge in [0.2, 0.25) is 0 Å². The number of rotatable bonds is 2. The Morgan fingerprint density at radius 1 is 1.36 bits per heavy atom. The van der Waals surface area contributed by atoms with E-state index in [1.807, 2.05) is 0 Å². The van der Waals surface area contributed by atoms with Gasteiger partial charge in [-0.1, -0.05) is 0 Å². The average Bonchev–Trinajstić information content (AvgIpc) is 1.53. The molecule has 0 atom stereocenters. The summed E-state index contributed by atoms with van der Waals surface area (Å²) in [6.45, 7) is 0. The molecule has 1 N–H and O–H groups in total. The van der Waals surface area contributed by atoms with Crippen molar-refractivity contribution >= 4 is 41.9 Å². The van der Waals surface area contributed by atoms with Gasteiger partial charge in [-0.15, -0.1) is 0 Å². The van der Waals surface area contributed by atoms with Gasteiger partial charge in [0.1, 0.15) is 0 Å². The predicted octanol–water partition coefficient (Wildman–Crippen LogP) is -2.38. The van der Waals surface area contributed by atoms with Crippen LogP contribution in [0.1, 0.15) is 0 Å². The molecule has 11 heteroatoms. The van der Waals surface area contributed by atoms with Crippen LogP contribution in [0.2, 0.25) is 0 Å². The molecule has 0 aromatic rings. The average molecular weight is 314 g/mol. The van der Waals surface area contributed by atoms with Crippen molar-refractivity contribution in [3.63, 3.8) is 0 Å². The van der Waals surface area contributed by atoms with E-state index in [1.54, 1.807) is 0 Å². The minimum absolute atomic E-state index is 3.11. The van der Waals surface area contributed by atoms with E-state index in [0.717, 1.165) is 0 Å². The first-order chi connectivity index (χ1) is 4.79. The molecule has 0 aromatic carbocycles. The fourth-order valence-corrected chi connectivity index (χ4v) is 7.26. The van der Waals surface area contributed by atoms with Crippen molar-refractivity contribution in [2.75, 3.05) is 0 Å². The van der Waals surface area contributed by atoms with E-state index < -0.39 is 41.9 Å². The first-order valence-electron chi connectivity index (χ1n) is 2.06. The summed E-state index contributed by atoms with van der Waals surface area (Å²) in [7, 11) is 0. The van der Waals surface area contributed by atoms with E-state index >= 15 is 0 Å². The van der Waals surface area contributed by atoms with Crippen LogP contribution in [0.3, 0.4) is 0 Å². The van der Waals surface area contributed by atoms with Gasteiger partial charge >= 0.3 is 70.0 Å². The summed E-state index contributed by atoms with van der Waals surface area (Å²) in [4.78, 5) is 0. The Hall–Kier alpha value is 0.611. The van der Waals surface area contributed by atoms with Gasteiger partial charge in [-0.3, -0.25) is 0 Å². The summed E-state index contributed by atoms with van der Waals surface area (Å²) in [6.07, 6.45) is 0. The fourth-order valence-electron chi connectivity index (χ4n) is 0.331. The first kappa shape index (κ1) is 9.70. The summed E-state index contributed by atoms with van der Waals surface area (Å²) in [5.41, 5.74) is 0. The van der Waals surface area contributed by atoms with Crippen LogP contribution in [0, 0.1) is 0 Å². The van der Waals surface area contributed by atoms with Crippen LogP contribution in [-0.4, -0.2) is 46.1 Å². The van der Waals surface area contributed by atoms with Crippen LogP contribution in [0.15, 0.2) is 0 Å². The molecular weight excluding hydrogens is 313 g/mol. The second-order valence-electron chi connectivity index (χ2n) is 1.41. The van der Waals surface area contributed by atoms with Crippen molar-refractivity contribution < 1.29 is 28.1 Å². The van der Waals surface area contributed by atoms with Crippen molar-refractivity contribution in [3.8, 4) is 0 Å². The van der Waals surface area contributed by atoms with E-state index in [2.05, 4.69) is 8.61 Å². The normalized spacial score (nSPS) is 22.8. The minimum atomic E-state index is -5.36. The molecule has 1 aliphatic rings. The summed E-state index contributed by atoms with van der Waals surface area (Å²) in [5, 5.41) is 0. The molecule has 0 bridgehead atoms. The van der Waals surface area contributed by atoms with Crippen molar-refractivity contribution in [2.24, 2.45) is 0 Å². The molecule has 1 rings (SSSR count). The topological polar surface area (TPSA) is 116 Å². The van der Waals surface area contributed by atoms with Gasteiger partial charge in [-0.05, 0) is 0 Å². The summed E-state index contributed by atoms with van der Waals surface area (Å²) < 4.78 is 59.7. The third kappa shape index (κ3) is 3.23. The Labute approximate surface area is 70.0 Å². The van der Waals surface area contributed by atoms with E-state index in [1.165, 1.54) is 0 Å². The van der Waals surface area contributed by atoms with Crippen LogP contribution >= 0.6 is 0 Å². The zero-order valence-electron chi connectivity index (χ0n) is 4.70. The Balaban J connectivity index is 2.48. The van der Waals surface area contributed by atoms with Gasteiger partial charge in [0, 0.05) is 0 Å². The van der Waals surface area contributed by atoms with Gasteiger partial charge in [0.25, 0.3) is 0 Å². The predicted molar refractivity (Wildman–Crippen MR) is 25.5 cm³/mol. The Morgan fingerprint density at radius 2 is 1.82 bits per heavy atom. The third-order valence-electron chi connectivity index (χ3n) is 0.593. The Morgan fingerprint density at radius 3 is 2.09 bits per heavy atom. The van der Waals surface area contributed by atoms with E-state index in [0.29, 0.717) is 0 Å². The van der Waals surface area contributed by atoms with Crippen LogP contribution in [-0.2, 0) is 24.0 Å². The molecule has 64 valence electrons. The molecule has 0 aliphatic carbocycles. The fraction of sp³-hybridized carbons (Fsp3) is 0. The quantitative estimate of drug-likeness (QED) is 0.562. The summed E-state index contributed by atoms with van der Waals surface area (Å²) in [5.74, 6) is 0. The summed E-state index contributed by atoms with van der Waals surface area (Å²) in [6, 6.07) is 0. The molecule has 1 saturated heterocycles. The second-order valence-corrected chi connectivity index (χ2v) is 9.71. The zero-order valence-corrected chi connectivity index (χ0v) is 9.28. The Bertz CT molecular complexity index is 320. The van der Waals surface area contributed by atoms with Gasteiger partial charge in [-0.25, -0.2) is 0 Å². The van der Waals surface area contributed by atoms with E-state index in [4.69, 9.17) is 4.19 Å². The third-order valence-corrected chi connectivity index (χ3v) is 9.24. The molecule has 1 aliphatic heterocycles. The van der Waals surface area contributed by atoms with Gasteiger partial charge in [0.05, 0.1) is 0 Å². The molecule has 0 aromatic heterocycles. The molecular formula is HAlO8Se2. The van der Waals surface area contributed by atoms with Gasteiger partial charge < -0.3 is 0 Å². The molecule has 0 amide bonds. The van der Waals surface area contributed by atoms with Crippen molar-refractivity contribution in [1.29, 1.82) is 0 Å². The molecule has 0 spiro atoms. The molecule has 1 heterocycles. The number of hydrogen-bond acceptors (Lipinski definition) is 7. The summed E-state index contributed by atoms with van der Waals surface area (Å²) >= 11 is -13.2. The first-order valence-corrected chi connectivity index (χ1v) is 9.13. The SMILES string of the molecule is O=[Se](=O)(O)[O][Al]1[O][Se](=O)(=O)[O]1. The van der Waals surface area contributed by atoms with Crippen LogP contribution < -0.4 is 0 Å². The monoisotopic (exact) mass is 316 g/mol. The van der Waals surface area contributed by atoms with Gasteiger partial charge in [-0.2, -0.15) is 0 Å². The Kier molecular flexibility index (Phi) is 2.49. The molecule has 11 heavy (non-hydrogen) atoms. The van der Waals surface area contributed by atoms with Crippen LogP contribution in [0.25, 0.3) is 0 Å². The van der Waals surface area contributed by atoms with Crippen molar-refractivity contribution in [1.82, 2.24) is 0 Å². The number of hydrogen-bond donors (Lipinski definition) is 1. The van der Waals surface area contributed by atoms with Crippen LogP contribution in [0.4, 0.5) is 0 Å². The molecule has 8 nitrogen and oxygen atoms in total. The molecule has 0 radical (unpaired) electrons. The second kappa shape index (κ2) is 2.83. The van der Waals surface area contributed by atoms with Crippen LogP contribution in [0.5, 0.6) is 0 Å². The molecule has 1 fully saturated rings. The van der Waals surface area contributed by atoms with Crippen molar-refractivity contribution in [3.05, 3.63) is 0 Å².